The third-order valence-corrected chi connectivity index (χ3v) is 7.23. The van der Waals surface area contributed by atoms with Crippen molar-refractivity contribution in [3.63, 3.8) is 0 Å². The third kappa shape index (κ3) is 2.78. The summed E-state index contributed by atoms with van der Waals surface area (Å²) in [5.41, 5.74) is 0. The highest BCUT2D eigenvalue weighted by molar-refractivity contribution is 7.91. The van der Waals surface area contributed by atoms with Crippen LogP contribution < -0.4 is 0 Å². The SMILES string of the molecule is Cc1ccc(S(=O)(=O)N(C)C2CCC(C)CC2)s1. The number of rotatable bonds is 3. The molecule has 1 fully saturated rings. The van der Waals surface area contributed by atoms with Crippen LogP contribution in [0.25, 0.3) is 0 Å². The Morgan fingerprint density at radius 3 is 2.33 bits per heavy atom. The second-order valence-electron chi connectivity index (χ2n) is 5.30. The van der Waals surface area contributed by atoms with Gasteiger partial charge in [0.05, 0.1) is 0 Å². The molecule has 0 unspecified atom stereocenters. The van der Waals surface area contributed by atoms with Crippen molar-refractivity contribution in [3.05, 3.63) is 17.0 Å². The average Bonchev–Trinajstić information content (AvgIpc) is 2.76. The van der Waals surface area contributed by atoms with Crippen LogP contribution in [0.5, 0.6) is 0 Å². The van der Waals surface area contributed by atoms with Crippen LogP contribution in [0.1, 0.15) is 37.5 Å². The van der Waals surface area contributed by atoms with E-state index in [1.165, 1.54) is 11.3 Å². The minimum Gasteiger partial charge on any atom is -0.206 e. The fraction of sp³-hybridized carbons (Fsp3) is 0.692. The van der Waals surface area contributed by atoms with Crippen molar-refractivity contribution in [1.29, 1.82) is 0 Å². The fourth-order valence-corrected chi connectivity index (χ4v) is 5.38. The Bertz CT molecular complexity index is 499. The predicted molar refractivity (Wildman–Crippen MR) is 75.4 cm³/mol. The maximum Gasteiger partial charge on any atom is 0.252 e. The number of nitrogens with zero attached hydrogens (tertiary/aromatic N) is 1. The Kier molecular flexibility index (Phi) is 4.14. The molecule has 0 spiro atoms. The van der Waals surface area contributed by atoms with Crippen molar-refractivity contribution in [2.24, 2.45) is 5.92 Å². The Morgan fingerprint density at radius 1 is 1.22 bits per heavy atom. The van der Waals surface area contributed by atoms with E-state index in [2.05, 4.69) is 6.92 Å². The zero-order chi connectivity index (χ0) is 13.3. The predicted octanol–water partition coefficient (Wildman–Crippen LogP) is 3.26. The number of hydrogen-bond acceptors (Lipinski definition) is 3. The van der Waals surface area contributed by atoms with Gasteiger partial charge in [-0.1, -0.05) is 6.92 Å². The molecule has 1 aliphatic rings. The molecule has 0 aromatic carbocycles. The molecule has 0 amide bonds. The summed E-state index contributed by atoms with van der Waals surface area (Å²) >= 11 is 1.36. The number of sulfonamides is 1. The molecule has 0 saturated heterocycles. The van der Waals surface area contributed by atoms with E-state index in [4.69, 9.17) is 0 Å². The van der Waals surface area contributed by atoms with Gasteiger partial charge in [-0.25, -0.2) is 8.42 Å². The molecule has 0 N–H and O–H groups in total. The largest absolute Gasteiger partial charge is 0.252 e. The van der Waals surface area contributed by atoms with Crippen molar-refractivity contribution in [2.75, 3.05) is 7.05 Å². The molecule has 102 valence electrons. The van der Waals surface area contributed by atoms with Gasteiger partial charge in [-0.15, -0.1) is 11.3 Å². The van der Waals surface area contributed by atoms with E-state index in [1.54, 1.807) is 17.4 Å². The zero-order valence-electron chi connectivity index (χ0n) is 11.2. The van der Waals surface area contributed by atoms with E-state index in [1.807, 2.05) is 13.0 Å². The van der Waals surface area contributed by atoms with Crippen LogP contribution in [-0.2, 0) is 10.0 Å². The van der Waals surface area contributed by atoms with Gasteiger partial charge in [-0.3, -0.25) is 0 Å². The molecule has 1 aromatic rings. The van der Waals surface area contributed by atoms with Gasteiger partial charge in [0.2, 0.25) is 0 Å². The molecule has 1 heterocycles. The van der Waals surface area contributed by atoms with Crippen LogP contribution in [0.3, 0.4) is 0 Å². The third-order valence-electron chi connectivity index (χ3n) is 3.85. The number of hydrogen-bond donors (Lipinski definition) is 0. The lowest BCUT2D eigenvalue weighted by molar-refractivity contribution is 0.246. The second-order valence-corrected chi connectivity index (χ2v) is 8.81. The zero-order valence-corrected chi connectivity index (χ0v) is 12.9. The van der Waals surface area contributed by atoms with E-state index in [9.17, 15) is 8.42 Å². The summed E-state index contributed by atoms with van der Waals surface area (Å²) in [4.78, 5) is 1.04. The first kappa shape index (κ1) is 14.0. The maximum atomic E-state index is 12.5. The van der Waals surface area contributed by atoms with Crippen LogP contribution in [0, 0.1) is 12.8 Å². The van der Waals surface area contributed by atoms with Gasteiger partial charge in [0.15, 0.2) is 0 Å². The highest BCUT2D eigenvalue weighted by Crippen LogP contribution is 2.31. The summed E-state index contributed by atoms with van der Waals surface area (Å²) < 4.78 is 27.0. The van der Waals surface area contributed by atoms with E-state index >= 15 is 0 Å². The van der Waals surface area contributed by atoms with Gasteiger partial charge >= 0.3 is 0 Å². The van der Waals surface area contributed by atoms with Gasteiger partial charge in [0.1, 0.15) is 4.21 Å². The average molecular weight is 287 g/mol. The van der Waals surface area contributed by atoms with Crippen LogP contribution in [0.4, 0.5) is 0 Å². The number of aryl methyl sites for hydroxylation is 1. The van der Waals surface area contributed by atoms with Crippen LogP contribution in [0.2, 0.25) is 0 Å². The monoisotopic (exact) mass is 287 g/mol. The van der Waals surface area contributed by atoms with Crippen molar-refractivity contribution in [2.45, 2.75) is 49.8 Å². The molecular formula is C13H21NO2S2. The van der Waals surface area contributed by atoms with E-state index < -0.39 is 10.0 Å². The molecule has 0 aliphatic heterocycles. The minimum atomic E-state index is -3.28. The summed E-state index contributed by atoms with van der Waals surface area (Å²) in [6.45, 7) is 4.18. The lowest BCUT2D eigenvalue weighted by Crippen LogP contribution is -2.38. The van der Waals surface area contributed by atoms with E-state index in [-0.39, 0.29) is 6.04 Å². The summed E-state index contributed by atoms with van der Waals surface area (Å²) in [7, 11) is -1.56. The quantitative estimate of drug-likeness (QED) is 0.855. The first-order chi connectivity index (χ1) is 8.41. The topological polar surface area (TPSA) is 37.4 Å². The van der Waals surface area contributed by atoms with Crippen molar-refractivity contribution in [3.8, 4) is 0 Å². The van der Waals surface area contributed by atoms with Crippen molar-refractivity contribution in [1.82, 2.24) is 4.31 Å². The molecule has 1 aromatic heterocycles. The molecule has 5 heteroatoms. The molecule has 0 atom stereocenters. The molecular weight excluding hydrogens is 266 g/mol. The molecule has 2 rings (SSSR count). The molecule has 0 radical (unpaired) electrons. The highest BCUT2D eigenvalue weighted by atomic mass is 32.2. The lowest BCUT2D eigenvalue weighted by Gasteiger charge is -2.32. The standard InChI is InChI=1S/C13H21NO2S2/c1-10-4-7-12(8-5-10)14(3)18(15,16)13-9-6-11(2)17-13/h6,9-10,12H,4-5,7-8H2,1-3H3. The van der Waals surface area contributed by atoms with Gasteiger partial charge in [-0.2, -0.15) is 4.31 Å². The van der Waals surface area contributed by atoms with Gasteiger partial charge < -0.3 is 0 Å². The van der Waals surface area contributed by atoms with E-state index in [0.29, 0.717) is 4.21 Å². The molecule has 18 heavy (non-hydrogen) atoms. The summed E-state index contributed by atoms with van der Waals surface area (Å²) in [6.07, 6.45) is 4.24. The molecule has 1 aliphatic carbocycles. The fourth-order valence-electron chi connectivity index (χ4n) is 2.50. The Labute approximate surface area is 114 Å². The van der Waals surface area contributed by atoms with Crippen LogP contribution in [-0.4, -0.2) is 25.8 Å². The lowest BCUT2D eigenvalue weighted by atomic mass is 9.87. The molecule has 1 saturated carbocycles. The first-order valence-electron chi connectivity index (χ1n) is 6.45. The molecule has 3 nitrogen and oxygen atoms in total. The maximum absolute atomic E-state index is 12.5. The van der Waals surface area contributed by atoms with Crippen LogP contribution >= 0.6 is 11.3 Å². The number of thiophene rings is 1. The second kappa shape index (κ2) is 5.31. The van der Waals surface area contributed by atoms with Gasteiger partial charge in [0, 0.05) is 18.0 Å². The summed E-state index contributed by atoms with van der Waals surface area (Å²) in [5.74, 6) is 0.737. The summed E-state index contributed by atoms with van der Waals surface area (Å²) in [6, 6.07) is 3.76. The smallest absolute Gasteiger partial charge is 0.206 e. The first-order valence-corrected chi connectivity index (χ1v) is 8.71. The van der Waals surface area contributed by atoms with Crippen LogP contribution in [0.15, 0.2) is 16.3 Å². The highest BCUT2D eigenvalue weighted by Gasteiger charge is 2.31. The normalized spacial score (nSPS) is 25.6. The van der Waals surface area contributed by atoms with Gasteiger partial charge in [0.25, 0.3) is 10.0 Å². The van der Waals surface area contributed by atoms with Gasteiger partial charge in [-0.05, 0) is 50.7 Å². The van der Waals surface area contributed by atoms with E-state index in [0.717, 1.165) is 36.5 Å². The Hall–Kier alpha value is -0.390. The Balaban J connectivity index is 2.15. The Morgan fingerprint density at radius 2 is 1.83 bits per heavy atom. The molecule has 0 bridgehead atoms. The van der Waals surface area contributed by atoms with Crippen molar-refractivity contribution < 1.29 is 8.42 Å². The van der Waals surface area contributed by atoms with Crippen molar-refractivity contribution >= 4 is 21.4 Å². The minimum absolute atomic E-state index is 0.175. The summed E-state index contributed by atoms with van der Waals surface area (Å²) in [5, 5.41) is 0.